The summed E-state index contributed by atoms with van der Waals surface area (Å²) >= 11 is 0. The Morgan fingerprint density at radius 1 is 1.38 bits per heavy atom. The highest BCUT2D eigenvalue weighted by molar-refractivity contribution is 5.77. The Morgan fingerprint density at radius 3 is 2.69 bits per heavy atom. The fraction of sp³-hybridized carbons (Fsp3) is 0.182. The second-order valence-corrected chi connectivity index (χ2v) is 3.41. The lowest BCUT2D eigenvalue weighted by Gasteiger charge is -2.08. The molecule has 0 amide bonds. The smallest absolute Gasteiger partial charge is 0.230 e. The van der Waals surface area contributed by atoms with Crippen molar-refractivity contribution in [1.29, 1.82) is 0 Å². The van der Waals surface area contributed by atoms with E-state index in [2.05, 4.69) is 5.16 Å². The molecule has 2 rings (SSSR count). The lowest BCUT2D eigenvalue weighted by molar-refractivity contribution is 0.412. The third-order valence-electron chi connectivity index (χ3n) is 2.37. The lowest BCUT2D eigenvalue weighted by atomic mass is 10.0. The zero-order valence-electron chi connectivity index (χ0n) is 8.95. The maximum Gasteiger partial charge on any atom is 0.230 e. The standard InChI is InChI=1S/C11H11FN2O2/c1-6-3-7(8-5-14-16-11(8)13)10(15-2)4-9(6)12/h3-5H,13H2,1-2H3. The number of nitrogens with two attached hydrogens (primary N) is 1. The van der Waals surface area contributed by atoms with Gasteiger partial charge in [-0.05, 0) is 18.6 Å². The Morgan fingerprint density at radius 2 is 2.12 bits per heavy atom. The summed E-state index contributed by atoms with van der Waals surface area (Å²) in [4.78, 5) is 0. The van der Waals surface area contributed by atoms with Crippen LogP contribution in [0.1, 0.15) is 5.56 Å². The molecule has 2 aromatic rings. The van der Waals surface area contributed by atoms with Gasteiger partial charge in [0.05, 0.1) is 18.9 Å². The Labute approximate surface area is 91.8 Å². The summed E-state index contributed by atoms with van der Waals surface area (Å²) in [7, 11) is 1.47. The van der Waals surface area contributed by atoms with Gasteiger partial charge in [-0.1, -0.05) is 5.16 Å². The number of aryl methyl sites for hydroxylation is 1. The zero-order valence-corrected chi connectivity index (χ0v) is 8.95. The van der Waals surface area contributed by atoms with E-state index in [0.29, 0.717) is 22.4 Å². The van der Waals surface area contributed by atoms with Crippen molar-refractivity contribution < 1.29 is 13.7 Å². The number of hydrogen-bond acceptors (Lipinski definition) is 4. The molecule has 0 bridgehead atoms. The van der Waals surface area contributed by atoms with Crippen molar-refractivity contribution in [2.75, 3.05) is 12.8 Å². The van der Waals surface area contributed by atoms with Crippen LogP contribution in [0, 0.1) is 12.7 Å². The average molecular weight is 222 g/mol. The van der Waals surface area contributed by atoms with Crippen molar-refractivity contribution in [2.24, 2.45) is 0 Å². The minimum Gasteiger partial charge on any atom is -0.496 e. The largest absolute Gasteiger partial charge is 0.496 e. The summed E-state index contributed by atoms with van der Waals surface area (Å²) in [6.07, 6.45) is 1.48. The Hall–Kier alpha value is -2.04. The van der Waals surface area contributed by atoms with Gasteiger partial charge in [-0.25, -0.2) is 4.39 Å². The fourth-order valence-electron chi connectivity index (χ4n) is 1.49. The van der Waals surface area contributed by atoms with Gasteiger partial charge < -0.3 is 15.0 Å². The number of aromatic nitrogens is 1. The molecule has 1 heterocycles. The minimum absolute atomic E-state index is 0.185. The predicted molar refractivity (Wildman–Crippen MR) is 57.6 cm³/mol. The van der Waals surface area contributed by atoms with E-state index in [9.17, 15) is 4.39 Å². The minimum atomic E-state index is -0.323. The van der Waals surface area contributed by atoms with E-state index in [1.807, 2.05) is 0 Å². The molecule has 0 aliphatic carbocycles. The second kappa shape index (κ2) is 3.84. The van der Waals surface area contributed by atoms with Gasteiger partial charge in [-0.3, -0.25) is 0 Å². The predicted octanol–water partition coefficient (Wildman–Crippen LogP) is 2.38. The van der Waals surface area contributed by atoms with E-state index in [-0.39, 0.29) is 11.7 Å². The molecule has 0 unspecified atom stereocenters. The van der Waals surface area contributed by atoms with E-state index in [0.717, 1.165) is 0 Å². The first-order valence-electron chi connectivity index (χ1n) is 4.68. The van der Waals surface area contributed by atoms with Gasteiger partial charge in [-0.15, -0.1) is 0 Å². The molecule has 0 spiro atoms. The van der Waals surface area contributed by atoms with Crippen molar-refractivity contribution in [3.05, 3.63) is 29.7 Å². The Kier molecular flexibility index (Phi) is 2.52. The molecular weight excluding hydrogens is 211 g/mol. The summed E-state index contributed by atoms with van der Waals surface area (Å²) in [6, 6.07) is 2.97. The fourth-order valence-corrected chi connectivity index (χ4v) is 1.49. The molecule has 0 saturated heterocycles. The summed E-state index contributed by atoms with van der Waals surface area (Å²) < 4.78 is 23.2. The number of ether oxygens (including phenoxy) is 1. The molecule has 84 valence electrons. The van der Waals surface area contributed by atoms with Crippen LogP contribution in [0.25, 0.3) is 11.1 Å². The van der Waals surface area contributed by atoms with E-state index in [1.54, 1.807) is 13.0 Å². The number of anilines is 1. The van der Waals surface area contributed by atoms with Crippen LogP contribution in [0.15, 0.2) is 22.9 Å². The summed E-state index contributed by atoms with van der Waals surface area (Å²) in [5.41, 5.74) is 7.38. The molecule has 5 heteroatoms. The van der Waals surface area contributed by atoms with Gasteiger partial charge in [0.15, 0.2) is 0 Å². The maximum atomic E-state index is 13.3. The molecule has 4 nitrogen and oxygen atoms in total. The van der Waals surface area contributed by atoms with Gasteiger partial charge in [0.2, 0.25) is 5.88 Å². The summed E-state index contributed by atoms with van der Waals surface area (Å²) in [5, 5.41) is 3.58. The van der Waals surface area contributed by atoms with Gasteiger partial charge >= 0.3 is 0 Å². The zero-order chi connectivity index (χ0) is 11.7. The van der Waals surface area contributed by atoms with Crippen LogP contribution in [0.2, 0.25) is 0 Å². The van der Waals surface area contributed by atoms with Crippen molar-refractivity contribution in [2.45, 2.75) is 6.92 Å². The summed E-state index contributed by atoms with van der Waals surface area (Å²) in [6.45, 7) is 1.67. The van der Waals surface area contributed by atoms with E-state index < -0.39 is 0 Å². The molecule has 0 radical (unpaired) electrons. The lowest BCUT2D eigenvalue weighted by Crippen LogP contribution is -1.93. The highest BCUT2D eigenvalue weighted by atomic mass is 19.1. The topological polar surface area (TPSA) is 61.3 Å². The van der Waals surface area contributed by atoms with Crippen LogP contribution >= 0.6 is 0 Å². The molecule has 0 aliphatic heterocycles. The molecule has 2 N–H and O–H groups in total. The average Bonchev–Trinajstić information content (AvgIpc) is 2.68. The normalized spacial score (nSPS) is 10.4. The first-order chi connectivity index (χ1) is 7.63. The molecule has 1 aromatic carbocycles. The van der Waals surface area contributed by atoms with Crippen molar-refractivity contribution in [3.8, 4) is 16.9 Å². The monoisotopic (exact) mass is 222 g/mol. The van der Waals surface area contributed by atoms with Crippen LogP contribution in [-0.4, -0.2) is 12.3 Å². The van der Waals surface area contributed by atoms with Gasteiger partial charge in [0.25, 0.3) is 0 Å². The molecule has 0 aliphatic rings. The number of nitrogen functional groups attached to an aromatic ring is 1. The maximum absolute atomic E-state index is 13.3. The van der Waals surface area contributed by atoms with E-state index >= 15 is 0 Å². The summed E-state index contributed by atoms with van der Waals surface area (Å²) in [5.74, 6) is 0.262. The highest BCUT2D eigenvalue weighted by Crippen LogP contribution is 2.35. The van der Waals surface area contributed by atoms with E-state index in [4.69, 9.17) is 15.0 Å². The highest BCUT2D eigenvalue weighted by Gasteiger charge is 2.14. The van der Waals surface area contributed by atoms with Crippen molar-refractivity contribution in [1.82, 2.24) is 5.16 Å². The third kappa shape index (κ3) is 1.60. The van der Waals surface area contributed by atoms with Crippen LogP contribution in [-0.2, 0) is 0 Å². The number of benzene rings is 1. The number of nitrogens with zero attached hydrogens (tertiary/aromatic N) is 1. The number of methoxy groups -OCH3 is 1. The SMILES string of the molecule is COc1cc(F)c(C)cc1-c1cnoc1N. The van der Waals surface area contributed by atoms with Gasteiger partial charge in [-0.2, -0.15) is 0 Å². The number of hydrogen-bond donors (Lipinski definition) is 1. The molecule has 0 atom stereocenters. The van der Waals surface area contributed by atoms with E-state index in [1.165, 1.54) is 19.4 Å². The molecular formula is C11H11FN2O2. The number of halogens is 1. The quantitative estimate of drug-likeness (QED) is 0.847. The van der Waals surface area contributed by atoms with Crippen LogP contribution in [0.4, 0.5) is 10.3 Å². The first kappa shape index (κ1) is 10.5. The number of rotatable bonds is 2. The molecule has 0 saturated carbocycles. The van der Waals surface area contributed by atoms with Gasteiger partial charge in [0.1, 0.15) is 11.6 Å². The third-order valence-corrected chi connectivity index (χ3v) is 2.37. The Bertz CT molecular complexity index is 523. The van der Waals surface area contributed by atoms with Crippen molar-refractivity contribution in [3.63, 3.8) is 0 Å². The first-order valence-corrected chi connectivity index (χ1v) is 4.68. The molecule has 16 heavy (non-hydrogen) atoms. The molecule has 0 fully saturated rings. The second-order valence-electron chi connectivity index (χ2n) is 3.41. The Balaban J connectivity index is 2.64. The van der Waals surface area contributed by atoms with Gasteiger partial charge in [0, 0.05) is 11.6 Å². The van der Waals surface area contributed by atoms with Crippen molar-refractivity contribution >= 4 is 5.88 Å². The van der Waals surface area contributed by atoms with Crippen LogP contribution < -0.4 is 10.5 Å². The van der Waals surface area contributed by atoms with Crippen LogP contribution in [0.5, 0.6) is 5.75 Å². The van der Waals surface area contributed by atoms with Crippen LogP contribution in [0.3, 0.4) is 0 Å². The molecule has 1 aromatic heterocycles.